The highest BCUT2D eigenvalue weighted by Crippen LogP contribution is 2.39. The summed E-state index contributed by atoms with van der Waals surface area (Å²) in [7, 11) is 0. The Labute approximate surface area is 203 Å². The van der Waals surface area contributed by atoms with Gasteiger partial charge in [0.1, 0.15) is 5.37 Å². The molecule has 1 N–H and O–H groups in total. The Bertz CT molecular complexity index is 1290. The Balaban J connectivity index is 1.32. The molecule has 4 nitrogen and oxygen atoms in total. The van der Waals surface area contributed by atoms with Crippen LogP contribution in [0.15, 0.2) is 109 Å². The third-order valence-corrected chi connectivity index (χ3v) is 7.14. The zero-order chi connectivity index (χ0) is 23.3. The van der Waals surface area contributed by atoms with Crippen molar-refractivity contribution in [2.75, 3.05) is 11.1 Å². The third-order valence-electron chi connectivity index (χ3n) is 5.88. The molecule has 1 heterocycles. The van der Waals surface area contributed by atoms with Crippen LogP contribution < -0.4 is 5.32 Å². The molecule has 0 aromatic heterocycles. The Morgan fingerprint density at radius 1 is 0.824 bits per heavy atom. The van der Waals surface area contributed by atoms with Crippen molar-refractivity contribution in [3.05, 3.63) is 126 Å². The van der Waals surface area contributed by atoms with Crippen molar-refractivity contribution in [1.29, 1.82) is 0 Å². The first-order chi connectivity index (χ1) is 16.7. The molecule has 0 aliphatic carbocycles. The molecule has 1 aliphatic rings. The van der Waals surface area contributed by atoms with Gasteiger partial charge in [-0.05, 0) is 34.9 Å². The van der Waals surface area contributed by atoms with Gasteiger partial charge < -0.3 is 10.2 Å². The Kier molecular flexibility index (Phi) is 6.45. The highest BCUT2D eigenvalue weighted by atomic mass is 32.2. The van der Waals surface area contributed by atoms with Gasteiger partial charge in [0.2, 0.25) is 5.91 Å². The van der Waals surface area contributed by atoms with E-state index < -0.39 is 0 Å². The molecule has 34 heavy (non-hydrogen) atoms. The molecule has 1 aliphatic heterocycles. The standard InChI is InChI=1S/C29H24N2O2S/c32-27-20-34-29(31(27)19-21-9-3-1-4-10-21)24-17-15-23(16-18-24)28(33)30-26-14-8-7-13-25(26)22-11-5-2-6-12-22/h1-18,29H,19-20H2,(H,30,33)/t29-/m1/s1. The number of amides is 2. The summed E-state index contributed by atoms with van der Waals surface area (Å²) in [5.74, 6) is 0.445. The minimum absolute atomic E-state index is 0.0522. The molecule has 1 saturated heterocycles. The maximum absolute atomic E-state index is 13.0. The summed E-state index contributed by atoms with van der Waals surface area (Å²) >= 11 is 1.62. The molecule has 0 bridgehead atoms. The van der Waals surface area contributed by atoms with Gasteiger partial charge in [-0.25, -0.2) is 0 Å². The van der Waals surface area contributed by atoms with Crippen LogP contribution in [0.1, 0.15) is 26.9 Å². The molecule has 0 saturated carbocycles. The van der Waals surface area contributed by atoms with E-state index in [9.17, 15) is 9.59 Å². The number of thioether (sulfide) groups is 1. The molecule has 5 heteroatoms. The summed E-state index contributed by atoms with van der Waals surface area (Å²) in [5.41, 5.74) is 5.51. The Hall–Kier alpha value is -3.83. The highest BCUT2D eigenvalue weighted by molar-refractivity contribution is 8.00. The lowest BCUT2D eigenvalue weighted by molar-refractivity contribution is -0.128. The number of para-hydroxylation sites is 1. The van der Waals surface area contributed by atoms with E-state index in [0.29, 0.717) is 17.9 Å². The van der Waals surface area contributed by atoms with Crippen molar-refractivity contribution >= 4 is 29.3 Å². The van der Waals surface area contributed by atoms with Crippen LogP contribution in [0, 0.1) is 0 Å². The van der Waals surface area contributed by atoms with Crippen molar-refractivity contribution in [2.45, 2.75) is 11.9 Å². The average Bonchev–Trinajstić information content (AvgIpc) is 3.25. The summed E-state index contributed by atoms with van der Waals surface area (Å²) in [4.78, 5) is 27.4. The first-order valence-corrected chi connectivity index (χ1v) is 12.2. The number of anilines is 1. The minimum atomic E-state index is -0.161. The third kappa shape index (κ3) is 4.75. The van der Waals surface area contributed by atoms with E-state index in [4.69, 9.17) is 0 Å². The van der Waals surface area contributed by atoms with Gasteiger partial charge in [-0.15, -0.1) is 11.8 Å². The minimum Gasteiger partial charge on any atom is -0.322 e. The smallest absolute Gasteiger partial charge is 0.255 e. The fourth-order valence-electron chi connectivity index (χ4n) is 4.14. The van der Waals surface area contributed by atoms with Crippen molar-refractivity contribution in [3.8, 4) is 11.1 Å². The van der Waals surface area contributed by atoms with Crippen LogP contribution >= 0.6 is 11.8 Å². The fraction of sp³-hybridized carbons (Fsp3) is 0.103. The van der Waals surface area contributed by atoms with Gasteiger partial charge in [-0.2, -0.15) is 0 Å². The van der Waals surface area contributed by atoms with Gasteiger partial charge in [0.05, 0.1) is 5.75 Å². The van der Waals surface area contributed by atoms with Crippen LogP contribution in [0.4, 0.5) is 5.69 Å². The van der Waals surface area contributed by atoms with Gasteiger partial charge in [-0.3, -0.25) is 9.59 Å². The lowest BCUT2D eigenvalue weighted by Crippen LogP contribution is -2.27. The van der Waals surface area contributed by atoms with E-state index in [2.05, 4.69) is 5.32 Å². The number of hydrogen-bond donors (Lipinski definition) is 1. The van der Waals surface area contributed by atoms with Gasteiger partial charge in [-0.1, -0.05) is 91.0 Å². The van der Waals surface area contributed by atoms with Crippen molar-refractivity contribution < 1.29 is 9.59 Å². The first-order valence-electron chi connectivity index (χ1n) is 11.2. The SMILES string of the molecule is O=C(Nc1ccccc1-c1ccccc1)c1ccc([C@H]2SCC(=O)N2Cc2ccccc2)cc1. The quantitative estimate of drug-likeness (QED) is 0.360. The molecule has 4 aromatic rings. The predicted molar refractivity (Wildman–Crippen MR) is 138 cm³/mol. The monoisotopic (exact) mass is 464 g/mol. The van der Waals surface area contributed by atoms with Gasteiger partial charge in [0.25, 0.3) is 5.91 Å². The molecule has 1 atom stereocenters. The second-order valence-electron chi connectivity index (χ2n) is 8.16. The fourth-order valence-corrected chi connectivity index (χ4v) is 5.32. The Morgan fingerprint density at radius 2 is 1.47 bits per heavy atom. The molecule has 5 rings (SSSR count). The maximum Gasteiger partial charge on any atom is 0.255 e. The Morgan fingerprint density at radius 3 is 2.21 bits per heavy atom. The molecule has 168 valence electrons. The zero-order valence-electron chi connectivity index (χ0n) is 18.6. The van der Waals surface area contributed by atoms with E-state index >= 15 is 0 Å². The molecule has 0 unspecified atom stereocenters. The summed E-state index contributed by atoms with van der Waals surface area (Å²) in [5, 5.41) is 3.00. The predicted octanol–water partition coefficient (Wildman–Crippen LogP) is 6.38. The number of nitrogens with zero attached hydrogens (tertiary/aromatic N) is 1. The van der Waals surface area contributed by atoms with Crippen molar-refractivity contribution in [1.82, 2.24) is 4.90 Å². The normalized spacial score (nSPS) is 15.4. The summed E-state index contributed by atoms with van der Waals surface area (Å²) in [6.45, 7) is 0.579. The van der Waals surface area contributed by atoms with Crippen LogP contribution in [-0.4, -0.2) is 22.5 Å². The van der Waals surface area contributed by atoms with Crippen LogP contribution in [-0.2, 0) is 11.3 Å². The number of hydrogen-bond acceptors (Lipinski definition) is 3. The molecular weight excluding hydrogens is 440 g/mol. The van der Waals surface area contributed by atoms with E-state index in [1.807, 2.05) is 114 Å². The number of carbonyl (C=O) groups excluding carboxylic acids is 2. The van der Waals surface area contributed by atoms with Crippen LogP contribution in [0.25, 0.3) is 11.1 Å². The molecule has 4 aromatic carbocycles. The molecule has 0 spiro atoms. The van der Waals surface area contributed by atoms with Crippen LogP contribution in [0.3, 0.4) is 0 Å². The zero-order valence-corrected chi connectivity index (χ0v) is 19.4. The summed E-state index contributed by atoms with van der Waals surface area (Å²) < 4.78 is 0. The van der Waals surface area contributed by atoms with E-state index in [1.165, 1.54) is 0 Å². The summed E-state index contributed by atoms with van der Waals surface area (Å²) in [6.07, 6.45) is 0. The number of nitrogens with one attached hydrogen (secondary N) is 1. The lowest BCUT2D eigenvalue weighted by Gasteiger charge is -2.24. The topological polar surface area (TPSA) is 49.4 Å². The average molecular weight is 465 g/mol. The van der Waals surface area contributed by atoms with E-state index in [1.54, 1.807) is 11.8 Å². The van der Waals surface area contributed by atoms with Gasteiger partial charge in [0.15, 0.2) is 0 Å². The van der Waals surface area contributed by atoms with Crippen molar-refractivity contribution in [3.63, 3.8) is 0 Å². The van der Waals surface area contributed by atoms with Crippen LogP contribution in [0.2, 0.25) is 0 Å². The second-order valence-corrected chi connectivity index (χ2v) is 9.23. The number of benzene rings is 4. The highest BCUT2D eigenvalue weighted by Gasteiger charge is 2.32. The van der Waals surface area contributed by atoms with E-state index in [-0.39, 0.29) is 17.2 Å². The number of rotatable bonds is 6. The first kappa shape index (κ1) is 22.0. The van der Waals surface area contributed by atoms with E-state index in [0.717, 1.165) is 27.9 Å². The second kappa shape index (κ2) is 9.98. The van der Waals surface area contributed by atoms with Crippen molar-refractivity contribution in [2.24, 2.45) is 0 Å². The maximum atomic E-state index is 13.0. The molecule has 2 amide bonds. The molecule has 0 radical (unpaired) electrons. The molecule has 1 fully saturated rings. The lowest BCUT2D eigenvalue weighted by atomic mass is 10.0. The van der Waals surface area contributed by atoms with Gasteiger partial charge in [0, 0.05) is 23.4 Å². The molecular formula is C29H24N2O2S. The summed E-state index contributed by atoms with van der Waals surface area (Å²) in [6, 6.07) is 35.4. The van der Waals surface area contributed by atoms with Crippen LogP contribution in [0.5, 0.6) is 0 Å². The van der Waals surface area contributed by atoms with Gasteiger partial charge >= 0.3 is 0 Å². The largest absolute Gasteiger partial charge is 0.322 e. The number of carbonyl (C=O) groups is 2.